The summed E-state index contributed by atoms with van der Waals surface area (Å²) in [6, 6.07) is 5.23. The summed E-state index contributed by atoms with van der Waals surface area (Å²) in [5.41, 5.74) is 7.70. The highest BCUT2D eigenvalue weighted by Crippen LogP contribution is 2.35. The first-order chi connectivity index (χ1) is 9.66. The van der Waals surface area contributed by atoms with Crippen LogP contribution >= 0.6 is 0 Å². The highest BCUT2D eigenvalue weighted by molar-refractivity contribution is 7.89. The van der Waals surface area contributed by atoms with E-state index >= 15 is 0 Å². The molecule has 1 fully saturated rings. The van der Waals surface area contributed by atoms with E-state index in [1.165, 1.54) is 0 Å². The van der Waals surface area contributed by atoms with Gasteiger partial charge in [-0.1, -0.05) is 26.8 Å². The second-order valence-corrected chi connectivity index (χ2v) is 8.95. The molecule has 4 nitrogen and oxygen atoms in total. The van der Waals surface area contributed by atoms with Crippen molar-refractivity contribution in [3.63, 3.8) is 0 Å². The molecule has 0 spiro atoms. The van der Waals surface area contributed by atoms with Gasteiger partial charge in [-0.3, -0.25) is 0 Å². The van der Waals surface area contributed by atoms with Crippen LogP contribution in [0, 0.1) is 18.3 Å². The molecule has 5 heteroatoms. The molecule has 118 valence electrons. The number of aryl methyl sites for hydroxylation is 1. The maximum atomic E-state index is 12.8. The van der Waals surface area contributed by atoms with Crippen LogP contribution in [0.5, 0.6) is 0 Å². The average molecular weight is 310 g/mol. The van der Waals surface area contributed by atoms with Crippen molar-refractivity contribution in [2.75, 3.05) is 13.1 Å². The quantitative estimate of drug-likeness (QED) is 0.933. The van der Waals surface area contributed by atoms with Crippen molar-refractivity contribution >= 4 is 10.0 Å². The first-order valence-electron chi connectivity index (χ1n) is 7.46. The highest BCUT2D eigenvalue weighted by Gasteiger charge is 2.37. The van der Waals surface area contributed by atoms with E-state index < -0.39 is 10.0 Å². The molecule has 2 N–H and O–H groups in total. The Morgan fingerprint density at radius 2 is 2.00 bits per heavy atom. The third kappa shape index (κ3) is 3.30. The lowest BCUT2D eigenvalue weighted by atomic mass is 9.80. The third-order valence-corrected chi connectivity index (χ3v) is 6.41. The van der Waals surface area contributed by atoms with E-state index in [1.54, 1.807) is 16.4 Å². The summed E-state index contributed by atoms with van der Waals surface area (Å²) in [7, 11) is -3.39. The molecule has 1 atom stereocenters. The molecule has 0 radical (unpaired) electrons. The van der Waals surface area contributed by atoms with E-state index in [1.807, 2.05) is 13.0 Å². The van der Waals surface area contributed by atoms with Gasteiger partial charge in [0.25, 0.3) is 0 Å². The Bertz CT molecular complexity index is 618. The Morgan fingerprint density at radius 1 is 1.33 bits per heavy atom. The average Bonchev–Trinajstić information content (AvgIpc) is 2.88. The summed E-state index contributed by atoms with van der Waals surface area (Å²) >= 11 is 0. The number of nitrogens with two attached hydrogens (primary N) is 1. The largest absolute Gasteiger partial charge is 0.326 e. The predicted molar refractivity (Wildman–Crippen MR) is 85.4 cm³/mol. The van der Waals surface area contributed by atoms with E-state index in [0.29, 0.717) is 30.4 Å². The first kappa shape index (κ1) is 16.5. The van der Waals surface area contributed by atoms with Crippen LogP contribution in [0.2, 0.25) is 0 Å². The summed E-state index contributed by atoms with van der Waals surface area (Å²) in [4.78, 5) is 0.381. The van der Waals surface area contributed by atoms with E-state index in [2.05, 4.69) is 20.8 Å². The van der Waals surface area contributed by atoms with Crippen LogP contribution in [0.1, 0.15) is 38.3 Å². The molecule has 0 aliphatic carbocycles. The minimum Gasteiger partial charge on any atom is -0.326 e. The molecule has 1 aromatic carbocycles. The molecule has 1 aromatic rings. The van der Waals surface area contributed by atoms with Gasteiger partial charge in [-0.25, -0.2) is 8.42 Å². The van der Waals surface area contributed by atoms with Crippen molar-refractivity contribution in [1.29, 1.82) is 0 Å². The Kier molecular flexibility index (Phi) is 4.47. The lowest BCUT2D eigenvalue weighted by Gasteiger charge is -2.27. The zero-order chi connectivity index (χ0) is 15.8. The molecule has 1 heterocycles. The fourth-order valence-electron chi connectivity index (χ4n) is 2.86. The number of hydrogen-bond donors (Lipinski definition) is 1. The topological polar surface area (TPSA) is 63.4 Å². The second kappa shape index (κ2) is 5.71. The Morgan fingerprint density at radius 3 is 2.48 bits per heavy atom. The van der Waals surface area contributed by atoms with Gasteiger partial charge in [0.15, 0.2) is 0 Å². The van der Waals surface area contributed by atoms with Crippen LogP contribution < -0.4 is 5.73 Å². The fraction of sp³-hybridized carbons (Fsp3) is 0.625. The zero-order valence-corrected chi connectivity index (χ0v) is 14.2. The van der Waals surface area contributed by atoms with Gasteiger partial charge in [-0.2, -0.15) is 4.31 Å². The lowest BCUT2D eigenvalue weighted by molar-refractivity contribution is 0.252. The van der Waals surface area contributed by atoms with Crippen molar-refractivity contribution in [3.05, 3.63) is 29.3 Å². The van der Waals surface area contributed by atoms with E-state index in [9.17, 15) is 8.42 Å². The Hall–Kier alpha value is -0.910. The SMILES string of the molecule is Cc1cc(S(=O)(=O)N2CCC(C(C)(C)C)C2)ccc1CN. The number of hydrogen-bond acceptors (Lipinski definition) is 3. The van der Waals surface area contributed by atoms with Crippen molar-refractivity contribution in [2.24, 2.45) is 17.1 Å². The van der Waals surface area contributed by atoms with Crippen LogP contribution in [0.4, 0.5) is 0 Å². The molecular weight excluding hydrogens is 284 g/mol. The molecule has 0 bridgehead atoms. The van der Waals surface area contributed by atoms with Crippen LogP contribution in [-0.4, -0.2) is 25.8 Å². The Balaban J connectivity index is 2.25. The number of sulfonamides is 1. The van der Waals surface area contributed by atoms with Crippen LogP contribution in [0.25, 0.3) is 0 Å². The summed E-state index contributed by atoms with van der Waals surface area (Å²) in [6.07, 6.45) is 0.933. The number of benzene rings is 1. The van der Waals surface area contributed by atoms with Crippen LogP contribution in [-0.2, 0) is 16.6 Å². The van der Waals surface area contributed by atoms with E-state index in [4.69, 9.17) is 5.73 Å². The molecular formula is C16H26N2O2S. The molecule has 1 unspecified atom stereocenters. The van der Waals surface area contributed by atoms with Crippen molar-refractivity contribution in [1.82, 2.24) is 4.31 Å². The molecule has 21 heavy (non-hydrogen) atoms. The monoisotopic (exact) mass is 310 g/mol. The summed E-state index contributed by atoms with van der Waals surface area (Å²) < 4.78 is 27.1. The standard InChI is InChI=1S/C16H26N2O2S/c1-12-9-15(6-5-13(12)10-17)21(19,20)18-8-7-14(11-18)16(2,3)4/h5-6,9,14H,7-8,10-11,17H2,1-4H3. The molecule has 1 saturated heterocycles. The minimum absolute atomic E-state index is 0.142. The molecule has 1 aliphatic rings. The van der Waals surface area contributed by atoms with Gasteiger partial charge in [0.2, 0.25) is 10.0 Å². The van der Waals surface area contributed by atoms with E-state index in [0.717, 1.165) is 17.5 Å². The van der Waals surface area contributed by atoms with E-state index in [-0.39, 0.29) is 5.41 Å². The van der Waals surface area contributed by atoms with Gasteiger partial charge in [-0.15, -0.1) is 0 Å². The number of rotatable bonds is 3. The maximum Gasteiger partial charge on any atom is 0.243 e. The van der Waals surface area contributed by atoms with Crippen molar-refractivity contribution in [2.45, 2.75) is 45.6 Å². The second-order valence-electron chi connectivity index (χ2n) is 7.01. The van der Waals surface area contributed by atoms with Crippen LogP contribution in [0.3, 0.4) is 0 Å². The minimum atomic E-state index is -3.39. The van der Waals surface area contributed by atoms with Gasteiger partial charge in [0.05, 0.1) is 4.90 Å². The van der Waals surface area contributed by atoms with Gasteiger partial charge < -0.3 is 5.73 Å². The predicted octanol–water partition coefficient (Wildman–Crippen LogP) is 2.51. The zero-order valence-electron chi connectivity index (χ0n) is 13.4. The van der Waals surface area contributed by atoms with Crippen LogP contribution in [0.15, 0.2) is 23.1 Å². The van der Waals surface area contributed by atoms with Gasteiger partial charge in [0.1, 0.15) is 0 Å². The van der Waals surface area contributed by atoms with Gasteiger partial charge >= 0.3 is 0 Å². The summed E-state index contributed by atoms with van der Waals surface area (Å²) in [5, 5.41) is 0. The van der Waals surface area contributed by atoms with Crippen molar-refractivity contribution in [3.8, 4) is 0 Å². The fourth-order valence-corrected chi connectivity index (χ4v) is 4.45. The molecule has 0 aromatic heterocycles. The summed E-state index contributed by atoms with van der Waals surface area (Å²) in [5.74, 6) is 0.414. The van der Waals surface area contributed by atoms with Crippen molar-refractivity contribution < 1.29 is 8.42 Å². The number of nitrogens with zero attached hydrogens (tertiary/aromatic N) is 1. The molecule has 0 saturated carbocycles. The third-order valence-electron chi connectivity index (χ3n) is 4.55. The van der Waals surface area contributed by atoms with Gasteiger partial charge in [0, 0.05) is 19.6 Å². The Labute approximate surface area is 128 Å². The van der Waals surface area contributed by atoms with Gasteiger partial charge in [-0.05, 0) is 47.9 Å². The highest BCUT2D eigenvalue weighted by atomic mass is 32.2. The summed E-state index contributed by atoms with van der Waals surface area (Å²) in [6.45, 7) is 10.1. The molecule has 1 aliphatic heterocycles. The molecule has 0 amide bonds. The lowest BCUT2D eigenvalue weighted by Crippen LogP contribution is -2.31. The smallest absolute Gasteiger partial charge is 0.243 e. The molecule has 2 rings (SSSR count). The normalized spacial score (nSPS) is 20.9. The maximum absolute atomic E-state index is 12.8. The first-order valence-corrected chi connectivity index (χ1v) is 8.90.